The van der Waals surface area contributed by atoms with Crippen LogP contribution in [-0.4, -0.2) is 37.6 Å². The molecule has 14 heavy (non-hydrogen) atoms. The molecule has 88 valence electrons. The topological polar surface area (TPSA) is 63.4 Å². The van der Waals surface area contributed by atoms with Gasteiger partial charge in [0.05, 0.1) is 5.75 Å². The molecule has 0 atom stereocenters. The molecule has 0 unspecified atom stereocenters. The zero-order chi connectivity index (χ0) is 9.19. The van der Waals surface area contributed by atoms with Gasteiger partial charge in [-0.15, -0.1) is 24.8 Å². The molecule has 1 saturated heterocycles. The number of piperidine rings is 1. The van der Waals surface area contributed by atoms with Crippen molar-refractivity contribution in [2.24, 2.45) is 5.73 Å². The fraction of sp³-hybridized carbons (Fsp3) is 1.00. The van der Waals surface area contributed by atoms with Gasteiger partial charge in [0.2, 0.25) is 10.0 Å². The number of nitrogens with two attached hydrogens (primary N) is 1. The third-order valence-electron chi connectivity index (χ3n) is 2.26. The van der Waals surface area contributed by atoms with E-state index >= 15 is 0 Å². The molecule has 0 radical (unpaired) electrons. The SMILES string of the molecule is CCS(=O)(=O)N1CCC(N)CC1.Cl.Cl. The molecule has 4 nitrogen and oxygen atoms in total. The Kier molecular flexibility index (Phi) is 8.25. The Morgan fingerprint density at radius 1 is 1.29 bits per heavy atom. The minimum Gasteiger partial charge on any atom is -0.328 e. The maximum absolute atomic E-state index is 11.3. The van der Waals surface area contributed by atoms with Gasteiger partial charge in [-0.3, -0.25) is 0 Å². The van der Waals surface area contributed by atoms with Crippen molar-refractivity contribution < 1.29 is 8.42 Å². The summed E-state index contributed by atoms with van der Waals surface area (Å²) in [4.78, 5) is 0. The largest absolute Gasteiger partial charge is 0.328 e. The molecular formula is C7H18Cl2N2O2S. The van der Waals surface area contributed by atoms with E-state index in [9.17, 15) is 8.42 Å². The minimum atomic E-state index is -2.97. The zero-order valence-corrected chi connectivity index (χ0v) is 10.6. The molecule has 1 rings (SSSR count). The van der Waals surface area contributed by atoms with Crippen LogP contribution in [0.4, 0.5) is 0 Å². The number of sulfonamides is 1. The number of nitrogens with zero attached hydrogens (tertiary/aromatic N) is 1. The van der Waals surface area contributed by atoms with E-state index in [0.717, 1.165) is 12.8 Å². The number of halogens is 2. The smallest absolute Gasteiger partial charge is 0.213 e. The third kappa shape index (κ3) is 4.31. The van der Waals surface area contributed by atoms with Crippen molar-refractivity contribution in [1.82, 2.24) is 4.31 Å². The summed E-state index contributed by atoms with van der Waals surface area (Å²) in [6.45, 7) is 2.86. The van der Waals surface area contributed by atoms with E-state index in [1.807, 2.05) is 0 Å². The summed E-state index contributed by atoms with van der Waals surface area (Å²) in [6.07, 6.45) is 1.58. The van der Waals surface area contributed by atoms with Crippen LogP contribution in [0.5, 0.6) is 0 Å². The van der Waals surface area contributed by atoms with E-state index in [0.29, 0.717) is 13.1 Å². The maximum Gasteiger partial charge on any atom is 0.213 e. The molecule has 1 aliphatic rings. The molecule has 0 spiro atoms. The predicted octanol–water partition coefficient (Wildman–Crippen LogP) is 0.603. The van der Waals surface area contributed by atoms with Crippen molar-refractivity contribution >= 4 is 34.8 Å². The van der Waals surface area contributed by atoms with E-state index in [4.69, 9.17) is 5.73 Å². The van der Waals surface area contributed by atoms with Crippen molar-refractivity contribution in [3.63, 3.8) is 0 Å². The Morgan fingerprint density at radius 2 is 1.71 bits per heavy atom. The van der Waals surface area contributed by atoms with Crippen LogP contribution >= 0.6 is 24.8 Å². The highest BCUT2D eigenvalue weighted by Gasteiger charge is 2.24. The summed E-state index contributed by atoms with van der Waals surface area (Å²) < 4.78 is 24.2. The summed E-state index contributed by atoms with van der Waals surface area (Å²) in [6, 6.07) is 0.188. The molecule has 0 aliphatic carbocycles. The van der Waals surface area contributed by atoms with E-state index in [1.165, 1.54) is 4.31 Å². The van der Waals surface area contributed by atoms with Gasteiger partial charge in [-0.1, -0.05) is 0 Å². The highest BCUT2D eigenvalue weighted by Crippen LogP contribution is 2.12. The molecule has 1 heterocycles. The second-order valence-corrected chi connectivity index (χ2v) is 5.39. The molecule has 7 heteroatoms. The first-order chi connectivity index (χ1) is 5.56. The van der Waals surface area contributed by atoms with Crippen LogP contribution in [0.25, 0.3) is 0 Å². The van der Waals surface area contributed by atoms with Gasteiger partial charge >= 0.3 is 0 Å². The van der Waals surface area contributed by atoms with Gasteiger partial charge in [-0.25, -0.2) is 12.7 Å². The second kappa shape index (κ2) is 6.85. The van der Waals surface area contributed by atoms with Crippen molar-refractivity contribution in [2.75, 3.05) is 18.8 Å². The standard InChI is InChI=1S/C7H16N2O2S.2ClH/c1-2-12(10,11)9-5-3-7(8)4-6-9;;/h7H,2-6,8H2,1H3;2*1H. The van der Waals surface area contributed by atoms with Gasteiger partial charge in [0.25, 0.3) is 0 Å². The van der Waals surface area contributed by atoms with Gasteiger partial charge in [-0.05, 0) is 19.8 Å². The van der Waals surface area contributed by atoms with Crippen LogP contribution in [0.15, 0.2) is 0 Å². The molecule has 0 aromatic carbocycles. The quantitative estimate of drug-likeness (QED) is 0.795. The Hall–Kier alpha value is 0.450. The van der Waals surface area contributed by atoms with Gasteiger partial charge in [-0.2, -0.15) is 0 Å². The molecular weight excluding hydrogens is 247 g/mol. The summed E-state index contributed by atoms with van der Waals surface area (Å²) in [7, 11) is -2.97. The molecule has 0 saturated carbocycles. The van der Waals surface area contributed by atoms with E-state index < -0.39 is 10.0 Å². The van der Waals surface area contributed by atoms with Crippen LogP contribution in [0.1, 0.15) is 19.8 Å². The summed E-state index contributed by atoms with van der Waals surface area (Å²) in [5, 5.41) is 0. The first kappa shape index (κ1) is 16.9. The molecule has 0 aromatic heterocycles. The van der Waals surface area contributed by atoms with Gasteiger partial charge in [0, 0.05) is 19.1 Å². The van der Waals surface area contributed by atoms with Crippen molar-refractivity contribution in [3.8, 4) is 0 Å². The van der Waals surface area contributed by atoms with Crippen LogP contribution in [0, 0.1) is 0 Å². The molecule has 2 N–H and O–H groups in total. The molecule has 1 fully saturated rings. The molecule has 0 bridgehead atoms. The predicted molar refractivity (Wildman–Crippen MR) is 62.7 cm³/mol. The third-order valence-corrected chi connectivity index (χ3v) is 4.14. The van der Waals surface area contributed by atoms with E-state index in [1.54, 1.807) is 6.92 Å². The summed E-state index contributed by atoms with van der Waals surface area (Å²) >= 11 is 0. The second-order valence-electron chi connectivity index (χ2n) is 3.14. The fourth-order valence-electron chi connectivity index (χ4n) is 1.34. The Balaban J connectivity index is 0. The zero-order valence-electron chi connectivity index (χ0n) is 8.18. The van der Waals surface area contributed by atoms with E-state index in [-0.39, 0.29) is 36.6 Å². The lowest BCUT2D eigenvalue weighted by molar-refractivity contribution is 0.320. The number of hydrogen-bond donors (Lipinski definition) is 1. The normalized spacial score (nSPS) is 19.6. The van der Waals surface area contributed by atoms with Crippen molar-refractivity contribution in [1.29, 1.82) is 0 Å². The lowest BCUT2D eigenvalue weighted by atomic mass is 10.1. The summed E-state index contributed by atoms with van der Waals surface area (Å²) in [5.74, 6) is 0.197. The van der Waals surface area contributed by atoms with Crippen LogP contribution in [-0.2, 0) is 10.0 Å². The summed E-state index contributed by atoms with van der Waals surface area (Å²) in [5.41, 5.74) is 5.66. The first-order valence-corrected chi connectivity index (χ1v) is 5.90. The minimum absolute atomic E-state index is 0. The molecule has 1 aliphatic heterocycles. The van der Waals surface area contributed by atoms with Crippen molar-refractivity contribution in [3.05, 3.63) is 0 Å². The van der Waals surface area contributed by atoms with Gasteiger partial charge in [0.1, 0.15) is 0 Å². The average Bonchev–Trinajstić information content (AvgIpc) is 2.05. The van der Waals surface area contributed by atoms with Gasteiger partial charge < -0.3 is 5.73 Å². The van der Waals surface area contributed by atoms with E-state index in [2.05, 4.69) is 0 Å². The highest BCUT2D eigenvalue weighted by molar-refractivity contribution is 7.89. The molecule has 0 amide bonds. The first-order valence-electron chi connectivity index (χ1n) is 4.29. The Morgan fingerprint density at radius 3 is 2.07 bits per heavy atom. The van der Waals surface area contributed by atoms with Crippen LogP contribution in [0.2, 0.25) is 0 Å². The number of rotatable bonds is 2. The molecule has 0 aromatic rings. The lowest BCUT2D eigenvalue weighted by Gasteiger charge is -2.28. The Bertz CT molecular complexity index is 238. The average molecular weight is 265 g/mol. The van der Waals surface area contributed by atoms with Crippen molar-refractivity contribution in [2.45, 2.75) is 25.8 Å². The monoisotopic (exact) mass is 264 g/mol. The van der Waals surface area contributed by atoms with Crippen LogP contribution < -0.4 is 5.73 Å². The van der Waals surface area contributed by atoms with Crippen LogP contribution in [0.3, 0.4) is 0 Å². The number of hydrogen-bond acceptors (Lipinski definition) is 3. The highest BCUT2D eigenvalue weighted by atomic mass is 35.5. The Labute approximate surface area is 98.1 Å². The van der Waals surface area contributed by atoms with Gasteiger partial charge in [0.15, 0.2) is 0 Å². The maximum atomic E-state index is 11.3. The fourth-order valence-corrected chi connectivity index (χ4v) is 2.47. The lowest BCUT2D eigenvalue weighted by Crippen LogP contribution is -2.43.